The number of alkyl halides is 3. The molecule has 1 aromatic carbocycles. The zero-order valence-corrected chi connectivity index (χ0v) is 15.0. The van der Waals surface area contributed by atoms with Gasteiger partial charge in [-0.2, -0.15) is 13.2 Å². The lowest BCUT2D eigenvalue weighted by Crippen LogP contribution is -2.08. The minimum absolute atomic E-state index is 0.0411. The number of thiophene rings is 1. The molecule has 4 nitrogen and oxygen atoms in total. The molecule has 136 valence electrons. The molecule has 26 heavy (non-hydrogen) atoms. The van der Waals surface area contributed by atoms with E-state index < -0.39 is 17.8 Å². The zero-order chi connectivity index (χ0) is 19.2. The van der Waals surface area contributed by atoms with Crippen molar-refractivity contribution in [3.63, 3.8) is 0 Å². The SMILES string of the molecule is COC(=O)c1sc2nc(C(F)(F)F)cc(-c3ccc(C)c(C)c3)c2c1N. The first-order valence-electron chi connectivity index (χ1n) is 7.59. The third-order valence-electron chi connectivity index (χ3n) is 4.18. The number of hydrogen-bond donors (Lipinski definition) is 1. The third-order valence-corrected chi connectivity index (χ3v) is 5.26. The topological polar surface area (TPSA) is 65.2 Å². The number of nitrogen functional groups attached to an aromatic ring is 1. The van der Waals surface area contributed by atoms with Crippen molar-refractivity contribution in [1.29, 1.82) is 0 Å². The molecule has 3 aromatic rings. The summed E-state index contributed by atoms with van der Waals surface area (Å²) in [6, 6.07) is 6.32. The van der Waals surface area contributed by atoms with Crippen LogP contribution >= 0.6 is 11.3 Å². The second-order valence-electron chi connectivity index (χ2n) is 5.87. The molecule has 3 rings (SSSR count). The lowest BCUT2D eigenvalue weighted by atomic mass is 9.97. The molecule has 0 radical (unpaired) electrons. The fourth-order valence-electron chi connectivity index (χ4n) is 2.65. The molecule has 0 saturated heterocycles. The number of aryl methyl sites for hydroxylation is 2. The summed E-state index contributed by atoms with van der Waals surface area (Å²) in [6.45, 7) is 3.79. The number of pyridine rings is 1. The van der Waals surface area contributed by atoms with Crippen molar-refractivity contribution in [2.75, 3.05) is 12.8 Å². The number of hydrogen-bond acceptors (Lipinski definition) is 5. The number of aromatic nitrogens is 1. The standard InChI is InChI=1S/C18H15F3N2O2S/c1-8-4-5-10(6-9(8)2)11-7-12(18(19,20)21)23-16-13(11)14(22)15(26-16)17(24)25-3/h4-7H,22H2,1-3H3. The fraction of sp³-hybridized carbons (Fsp3) is 0.222. The minimum Gasteiger partial charge on any atom is -0.465 e. The Hall–Kier alpha value is -2.61. The number of fused-ring (bicyclic) bond motifs is 1. The molecule has 0 spiro atoms. The number of esters is 1. The number of anilines is 1. The van der Waals surface area contributed by atoms with Crippen molar-refractivity contribution < 1.29 is 22.7 Å². The third kappa shape index (κ3) is 3.01. The van der Waals surface area contributed by atoms with E-state index in [9.17, 15) is 18.0 Å². The van der Waals surface area contributed by atoms with E-state index in [1.54, 1.807) is 12.1 Å². The van der Waals surface area contributed by atoms with E-state index in [2.05, 4.69) is 9.72 Å². The summed E-state index contributed by atoms with van der Waals surface area (Å²) in [4.78, 5) is 15.7. The van der Waals surface area contributed by atoms with Gasteiger partial charge in [-0.1, -0.05) is 18.2 Å². The Morgan fingerprint density at radius 3 is 2.46 bits per heavy atom. The van der Waals surface area contributed by atoms with Crippen molar-refractivity contribution >= 4 is 33.2 Å². The van der Waals surface area contributed by atoms with E-state index >= 15 is 0 Å². The number of carbonyl (C=O) groups is 1. The highest BCUT2D eigenvalue weighted by molar-refractivity contribution is 7.21. The van der Waals surface area contributed by atoms with E-state index in [1.807, 2.05) is 19.9 Å². The molecule has 0 unspecified atom stereocenters. The number of halogens is 3. The molecule has 0 atom stereocenters. The predicted octanol–water partition coefficient (Wildman–Crippen LogP) is 4.97. The molecule has 2 heterocycles. The molecule has 0 saturated carbocycles. The maximum absolute atomic E-state index is 13.3. The first kappa shape index (κ1) is 18.2. The zero-order valence-electron chi connectivity index (χ0n) is 14.2. The Morgan fingerprint density at radius 2 is 1.88 bits per heavy atom. The Labute approximate surface area is 151 Å². The number of carbonyl (C=O) groups excluding carboxylic acids is 1. The van der Waals surface area contributed by atoms with Gasteiger partial charge in [0.2, 0.25) is 0 Å². The number of benzene rings is 1. The van der Waals surface area contributed by atoms with Crippen LogP contribution in [0.25, 0.3) is 21.3 Å². The largest absolute Gasteiger partial charge is 0.465 e. The van der Waals surface area contributed by atoms with Crippen LogP contribution in [0.1, 0.15) is 26.5 Å². The van der Waals surface area contributed by atoms with Crippen LogP contribution in [0, 0.1) is 13.8 Å². The first-order chi connectivity index (χ1) is 12.1. The van der Waals surface area contributed by atoms with Gasteiger partial charge in [0.1, 0.15) is 15.4 Å². The molecule has 2 N–H and O–H groups in total. The highest BCUT2D eigenvalue weighted by atomic mass is 32.1. The summed E-state index contributed by atoms with van der Waals surface area (Å²) < 4.78 is 44.6. The second-order valence-corrected chi connectivity index (χ2v) is 6.87. The molecule has 0 aliphatic rings. The van der Waals surface area contributed by atoms with Crippen LogP contribution in [0.4, 0.5) is 18.9 Å². The molecule has 8 heteroatoms. The molecule has 2 aromatic heterocycles. The maximum Gasteiger partial charge on any atom is 0.433 e. The summed E-state index contributed by atoms with van der Waals surface area (Å²) in [5.41, 5.74) is 7.93. The molecular weight excluding hydrogens is 365 g/mol. The summed E-state index contributed by atoms with van der Waals surface area (Å²) >= 11 is 0.792. The van der Waals surface area contributed by atoms with Crippen LogP contribution in [-0.2, 0) is 10.9 Å². The Bertz CT molecular complexity index is 1030. The van der Waals surface area contributed by atoms with Crippen LogP contribution in [0.5, 0.6) is 0 Å². The number of methoxy groups -OCH3 is 1. The van der Waals surface area contributed by atoms with Crippen molar-refractivity contribution in [1.82, 2.24) is 4.98 Å². The fourth-order valence-corrected chi connectivity index (χ4v) is 3.69. The quantitative estimate of drug-likeness (QED) is 0.638. The lowest BCUT2D eigenvalue weighted by molar-refractivity contribution is -0.140. The van der Waals surface area contributed by atoms with Crippen molar-refractivity contribution in [2.24, 2.45) is 0 Å². The molecule has 0 bridgehead atoms. The Balaban J connectivity index is 2.39. The van der Waals surface area contributed by atoms with Gasteiger partial charge in [-0.05, 0) is 42.2 Å². The molecule has 0 aliphatic carbocycles. The van der Waals surface area contributed by atoms with Gasteiger partial charge in [0.15, 0.2) is 0 Å². The van der Waals surface area contributed by atoms with Crippen molar-refractivity contribution in [3.8, 4) is 11.1 Å². The van der Waals surface area contributed by atoms with Crippen LogP contribution in [0.3, 0.4) is 0 Å². The monoisotopic (exact) mass is 380 g/mol. The number of nitrogens with two attached hydrogens (primary N) is 1. The predicted molar refractivity (Wildman–Crippen MR) is 95.3 cm³/mol. The van der Waals surface area contributed by atoms with Gasteiger partial charge in [-0.25, -0.2) is 9.78 Å². The van der Waals surface area contributed by atoms with Crippen molar-refractivity contribution in [2.45, 2.75) is 20.0 Å². The second kappa shape index (κ2) is 6.28. The van der Waals surface area contributed by atoms with Gasteiger partial charge in [-0.15, -0.1) is 11.3 Å². The van der Waals surface area contributed by atoms with E-state index in [-0.39, 0.29) is 21.0 Å². The van der Waals surface area contributed by atoms with Crippen molar-refractivity contribution in [3.05, 3.63) is 46.0 Å². The van der Waals surface area contributed by atoms with Gasteiger partial charge in [0.25, 0.3) is 0 Å². The van der Waals surface area contributed by atoms with Gasteiger partial charge in [-0.3, -0.25) is 0 Å². The number of rotatable bonds is 2. The average Bonchev–Trinajstić information content (AvgIpc) is 2.92. The molecule has 0 aliphatic heterocycles. The van der Waals surface area contributed by atoms with Crippen LogP contribution in [0.2, 0.25) is 0 Å². The summed E-state index contributed by atoms with van der Waals surface area (Å²) in [5.74, 6) is -0.704. The van der Waals surface area contributed by atoms with E-state index in [4.69, 9.17) is 5.73 Å². The molecule has 0 fully saturated rings. The first-order valence-corrected chi connectivity index (χ1v) is 8.41. The van der Waals surface area contributed by atoms with E-state index in [0.29, 0.717) is 10.9 Å². The van der Waals surface area contributed by atoms with E-state index in [1.165, 1.54) is 7.11 Å². The van der Waals surface area contributed by atoms with Crippen LogP contribution in [0.15, 0.2) is 24.3 Å². The van der Waals surface area contributed by atoms with Crippen LogP contribution in [-0.4, -0.2) is 18.1 Å². The summed E-state index contributed by atoms with van der Waals surface area (Å²) in [6.07, 6.45) is -4.62. The molecule has 0 amide bonds. The minimum atomic E-state index is -4.62. The number of nitrogens with zero attached hydrogens (tertiary/aromatic N) is 1. The summed E-state index contributed by atoms with van der Waals surface area (Å²) in [5, 5.41) is 0.326. The highest BCUT2D eigenvalue weighted by Crippen LogP contribution is 2.42. The van der Waals surface area contributed by atoms with E-state index in [0.717, 1.165) is 28.5 Å². The highest BCUT2D eigenvalue weighted by Gasteiger charge is 2.34. The molecular formula is C18H15F3N2O2S. The average molecular weight is 380 g/mol. The summed E-state index contributed by atoms with van der Waals surface area (Å²) in [7, 11) is 1.19. The van der Waals surface area contributed by atoms with Gasteiger partial charge in [0, 0.05) is 5.39 Å². The lowest BCUT2D eigenvalue weighted by Gasteiger charge is -2.12. The smallest absolute Gasteiger partial charge is 0.433 e. The maximum atomic E-state index is 13.3. The van der Waals surface area contributed by atoms with Gasteiger partial charge >= 0.3 is 12.1 Å². The Kier molecular flexibility index (Phi) is 4.39. The van der Waals surface area contributed by atoms with Gasteiger partial charge in [0.05, 0.1) is 12.8 Å². The van der Waals surface area contributed by atoms with Crippen LogP contribution < -0.4 is 5.73 Å². The van der Waals surface area contributed by atoms with Gasteiger partial charge < -0.3 is 10.5 Å². The Morgan fingerprint density at radius 1 is 1.19 bits per heavy atom. The number of ether oxygens (including phenoxy) is 1. The normalized spacial score (nSPS) is 11.8.